The van der Waals surface area contributed by atoms with Crippen LogP contribution in [-0.2, 0) is 11.3 Å². The molecule has 7 nitrogen and oxygen atoms in total. The van der Waals surface area contributed by atoms with Crippen LogP contribution in [0.2, 0.25) is 5.02 Å². The van der Waals surface area contributed by atoms with Crippen molar-refractivity contribution < 1.29 is 4.74 Å². The molecular weight excluding hydrogens is 316 g/mol. The number of rotatable bonds is 4. The predicted octanol–water partition coefficient (Wildman–Crippen LogP) is 1.81. The molecule has 8 heteroatoms. The highest BCUT2D eigenvalue weighted by Gasteiger charge is 2.12. The first-order valence-electron chi connectivity index (χ1n) is 7.63. The Labute approximate surface area is 138 Å². The molecule has 0 amide bonds. The van der Waals surface area contributed by atoms with Crippen molar-refractivity contribution in [3.8, 4) is 11.4 Å². The van der Waals surface area contributed by atoms with Gasteiger partial charge in [0.2, 0.25) is 0 Å². The Morgan fingerprint density at radius 1 is 1.26 bits per heavy atom. The summed E-state index contributed by atoms with van der Waals surface area (Å²) in [6.07, 6.45) is 5.46. The Balaban J connectivity index is 1.49. The maximum absolute atomic E-state index is 6.15. The van der Waals surface area contributed by atoms with Gasteiger partial charge in [0.25, 0.3) is 0 Å². The second kappa shape index (κ2) is 6.27. The van der Waals surface area contributed by atoms with Crippen molar-refractivity contribution in [2.24, 2.45) is 0 Å². The van der Waals surface area contributed by atoms with Gasteiger partial charge in [0.05, 0.1) is 36.5 Å². The quantitative estimate of drug-likeness (QED) is 0.789. The van der Waals surface area contributed by atoms with E-state index in [-0.39, 0.29) is 0 Å². The summed E-state index contributed by atoms with van der Waals surface area (Å²) < 4.78 is 7.30. The lowest BCUT2D eigenvalue weighted by molar-refractivity contribution is 0.0360. The van der Waals surface area contributed by atoms with Gasteiger partial charge in [-0.15, -0.1) is 0 Å². The minimum Gasteiger partial charge on any atom is -0.379 e. The maximum atomic E-state index is 6.15. The molecule has 3 aromatic rings. The molecule has 23 heavy (non-hydrogen) atoms. The number of hydrogen-bond donors (Lipinski definition) is 1. The van der Waals surface area contributed by atoms with Gasteiger partial charge in [0, 0.05) is 32.0 Å². The van der Waals surface area contributed by atoms with Crippen molar-refractivity contribution in [3.63, 3.8) is 0 Å². The Bertz CT molecular complexity index is 807. The van der Waals surface area contributed by atoms with Gasteiger partial charge in [-0.2, -0.15) is 5.10 Å². The lowest BCUT2D eigenvalue weighted by atomic mass is 10.3. The van der Waals surface area contributed by atoms with E-state index in [0.29, 0.717) is 10.7 Å². The zero-order valence-corrected chi connectivity index (χ0v) is 13.3. The SMILES string of the molecule is Clc1ccnc2nc(-c3cnn(CCN4CCOCC4)c3)[nH]c12. The third-order valence-electron chi connectivity index (χ3n) is 4.00. The van der Waals surface area contributed by atoms with E-state index in [2.05, 4.69) is 25.0 Å². The number of hydrogen-bond acceptors (Lipinski definition) is 5. The molecule has 1 N–H and O–H groups in total. The molecule has 4 heterocycles. The van der Waals surface area contributed by atoms with E-state index >= 15 is 0 Å². The second-order valence-electron chi connectivity index (χ2n) is 5.52. The van der Waals surface area contributed by atoms with Crippen molar-refractivity contribution >= 4 is 22.8 Å². The largest absolute Gasteiger partial charge is 0.379 e. The Hall–Kier alpha value is -1.96. The number of nitrogens with zero attached hydrogens (tertiary/aromatic N) is 5. The molecule has 0 aliphatic carbocycles. The minimum atomic E-state index is 0.619. The van der Waals surface area contributed by atoms with Crippen molar-refractivity contribution in [3.05, 3.63) is 29.7 Å². The van der Waals surface area contributed by atoms with Gasteiger partial charge < -0.3 is 9.72 Å². The van der Waals surface area contributed by atoms with E-state index in [1.807, 2.05) is 17.1 Å². The zero-order chi connectivity index (χ0) is 15.6. The third-order valence-corrected chi connectivity index (χ3v) is 4.31. The molecule has 0 spiro atoms. The molecule has 0 unspecified atom stereocenters. The summed E-state index contributed by atoms with van der Waals surface area (Å²) in [6.45, 7) is 5.43. The highest BCUT2D eigenvalue weighted by Crippen LogP contribution is 2.23. The summed E-state index contributed by atoms with van der Waals surface area (Å²) in [6, 6.07) is 1.75. The van der Waals surface area contributed by atoms with Gasteiger partial charge in [-0.3, -0.25) is 9.58 Å². The molecular formula is C15H17ClN6O. The van der Waals surface area contributed by atoms with Crippen LogP contribution in [0.4, 0.5) is 0 Å². The fraction of sp³-hybridized carbons (Fsp3) is 0.400. The highest BCUT2D eigenvalue weighted by molar-refractivity contribution is 6.34. The summed E-state index contributed by atoms with van der Waals surface area (Å²) >= 11 is 6.15. The van der Waals surface area contributed by atoms with Crippen molar-refractivity contribution in [2.75, 3.05) is 32.8 Å². The van der Waals surface area contributed by atoms with E-state index in [9.17, 15) is 0 Å². The van der Waals surface area contributed by atoms with Gasteiger partial charge in [0.15, 0.2) is 5.65 Å². The van der Waals surface area contributed by atoms with Crippen LogP contribution in [0, 0.1) is 0 Å². The van der Waals surface area contributed by atoms with Crippen LogP contribution >= 0.6 is 11.6 Å². The summed E-state index contributed by atoms with van der Waals surface area (Å²) in [5.41, 5.74) is 2.31. The summed E-state index contributed by atoms with van der Waals surface area (Å²) in [5.74, 6) is 0.734. The first kappa shape index (κ1) is 14.6. The van der Waals surface area contributed by atoms with Crippen LogP contribution in [-0.4, -0.2) is 62.5 Å². The zero-order valence-electron chi connectivity index (χ0n) is 12.6. The molecule has 0 bridgehead atoms. The van der Waals surface area contributed by atoms with Gasteiger partial charge in [-0.05, 0) is 6.07 Å². The number of H-pyrrole nitrogens is 1. The summed E-state index contributed by atoms with van der Waals surface area (Å²) in [4.78, 5) is 14.3. The lowest BCUT2D eigenvalue weighted by Crippen LogP contribution is -2.38. The van der Waals surface area contributed by atoms with Crippen molar-refractivity contribution in [1.29, 1.82) is 0 Å². The lowest BCUT2D eigenvalue weighted by Gasteiger charge is -2.26. The van der Waals surface area contributed by atoms with Crippen LogP contribution in [0.3, 0.4) is 0 Å². The van der Waals surface area contributed by atoms with Gasteiger partial charge in [0.1, 0.15) is 11.3 Å². The number of morpholine rings is 1. The first-order valence-corrected chi connectivity index (χ1v) is 8.00. The van der Waals surface area contributed by atoms with Crippen LogP contribution in [0.5, 0.6) is 0 Å². The minimum absolute atomic E-state index is 0.619. The number of pyridine rings is 1. The van der Waals surface area contributed by atoms with Crippen LogP contribution in [0.1, 0.15) is 0 Å². The van der Waals surface area contributed by atoms with Gasteiger partial charge >= 0.3 is 0 Å². The fourth-order valence-electron chi connectivity index (χ4n) is 2.69. The summed E-state index contributed by atoms with van der Waals surface area (Å²) in [7, 11) is 0. The predicted molar refractivity (Wildman–Crippen MR) is 87.4 cm³/mol. The van der Waals surface area contributed by atoms with Crippen molar-refractivity contribution in [2.45, 2.75) is 6.54 Å². The topological polar surface area (TPSA) is 71.9 Å². The number of ether oxygens (including phenoxy) is 1. The number of imidazole rings is 1. The molecule has 0 aromatic carbocycles. The average molecular weight is 333 g/mol. The molecule has 1 aliphatic rings. The number of halogens is 1. The van der Waals surface area contributed by atoms with E-state index in [0.717, 1.165) is 56.3 Å². The van der Waals surface area contributed by atoms with E-state index in [1.165, 1.54) is 0 Å². The van der Waals surface area contributed by atoms with Crippen molar-refractivity contribution in [1.82, 2.24) is 29.6 Å². The van der Waals surface area contributed by atoms with E-state index in [4.69, 9.17) is 16.3 Å². The molecule has 0 saturated carbocycles. The molecule has 0 radical (unpaired) electrons. The number of aromatic nitrogens is 5. The van der Waals surface area contributed by atoms with E-state index < -0.39 is 0 Å². The van der Waals surface area contributed by atoms with E-state index in [1.54, 1.807) is 12.3 Å². The number of aromatic amines is 1. The Morgan fingerprint density at radius 3 is 2.96 bits per heavy atom. The number of fused-ring (bicyclic) bond motifs is 1. The first-order chi connectivity index (χ1) is 11.3. The highest BCUT2D eigenvalue weighted by atomic mass is 35.5. The molecule has 0 atom stereocenters. The molecule has 4 rings (SSSR count). The molecule has 1 aliphatic heterocycles. The normalized spacial score (nSPS) is 16.2. The molecule has 120 valence electrons. The van der Waals surface area contributed by atoms with Gasteiger partial charge in [-0.1, -0.05) is 11.6 Å². The van der Waals surface area contributed by atoms with Gasteiger partial charge in [-0.25, -0.2) is 9.97 Å². The van der Waals surface area contributed by atoms with Crippen LogP contribution in [0.25, 0.3) is 22.6 Å². The fourth-order valence-corrected chi connectivity index (χ4v) is 2.88. The number of nitrogens with one attached hydrogen (secondary N) is 1. The Kier molecular flexibility index (Phi) is 3.99. The smallest absolute Gasteiger partial charge is 0.179 e. The standard InChI is InChI=1S/C15H17ClN6O/c16-12-1-2-17-15-13(12)19-14(20-15)11-9-18-22(10-11)4-3-21-5-7-23-8-6-21/h1-2,9-10H,3-8H2,(H,17,19,20). The summed E-state index contributed by atoms with van der Waals surface area (Å²) in [5, 5.41) is 5.03. The third kappa shape index (κ3) is 3.08. The maximum Gasteiger partial charge on any atom is 0.179 e. The molecule has 1 fully saturated rings. The van der Waals surface area contributed by atoms with Crippen LogP contribution < -0.4 is 0 Å². The Morgan fingerprint density at radius 2 is 2.13 bits per heavy atom. The second-order valence-corrected chi connectivity index (χ2v) is 5.93. The average Bonchev–Trinajstić information content (AvgIpc) is 3.21. The van der Waals surface area contributed by atoms with Crippen LogP contribution in [0.15, 0.2) is 24.7 Å². The molecule has 3 aromatic heterocycles. The molecule has 1 saturated heterocycles. The monoisotopic (exact) mass is 332 g/mol.